The summed E-state index contributed by atoms with van der Waals surface area (Å²) in [6.07, 6.45) is 0.283. The Morgan fingerprint density at radius 2 is 1.95 bits per heavy atom. The van der Waals surface area contributed by atoms with Crippen molar-refractivity contribution in [2.75, 3.05) is 25.0 Å². The van der Waals surface area contributed by atoms with Gasteiger partial charge in [-0.3, -0.25) is 14.5 Å². The molecule has 0 bridgehead atoms. The highest BCUT2D eigenvalue weighted by molar-refractivity contribution is 5.97. The first-order valence-corrected chi connectivity index (χ1v) is 7.22. The zero-order valence-electron chi connectivity index (χ0n) is 12.8. The van der Waals surface area contributed by atoms with Crippen LogP contribution in [0, 0.1) is 0 Å². The lowest BCUT2D eigenvalue weighted by Gasteiger charge is -2.34. The molecule has 1 aromatic carbocycles. The average Bonchev–Trinajstić information content (AvgIpc) is 2.37. The van der Waals surface area contributed by atoms with Gasteiger partial charge in [-0.2, -0.15) is 0 Å². The van der Waals surface area contributed by atoms with Gasteiger partial charge in [-0.05, 0) is 32.9 Å². The van der Waals surface area contributed by atoms with Crippen molar-refractivity contribution < 1.29 is 14.3 Å². The predicted octanol–water partition coefficient (Wildman–Crippen LogP) is 1.94. The van der Waals surface area contributed by atoms with Crippen LogP contribution in [0.1, 0.15) is 31.1 Å². The van der Waals surface area contributed by atoms with Crippen LogP contribution in [0.15, 0.2) is 24.3 Å². The number of benzene rings is 1. The molecule has 0 spiro atoms. The van der Waals surface area contributed by atoms with Gasteiger partial charge in [-0.15, -0.1) is 0 Å². The summed E-state index contributed by atoms with van der Waals surface area (Å²) in [5.74, 6) is -0.0843. The zero-order chi connectivity index (χ0) is 15.4. The Balaban J connectivity index is 1.92. The first-order chi connectivity index (χ1) is 9.94. The number of amides is 1. The van der Waals surface area contributed by atoms with Gasteiger partial charge in [-0.25, -0.2) is 0 Å². The summed E-state index contributed by atoms with van der Waals surface area (Å²) in [6.45, 7) is 7.38. The SMILES string of the molecule is CC(=O)c1cccc(NC(=O)CN2C[C@@H](C)O[C@H](C)C2)c1. The molecule has 1 N–H and O–H groups in total. The van der Waals surface area contributed by atoms with Crippen LogP contribution in [-0.2, 0) is 9.53 Å². The van der Waals surface area contributed by atoms with E-state index >= 15 is 0 Å². The van der Waals surface area contributed by atoms with E-state index in [0.29, 0.717) is 17.8 Å². The second-order valence-corrected chi connectivity index (χ2v) is 5.64. The lowest BCUT2D eigenvalue weighted by Crippen LogP contribution is -2.48. The van der Waals surface area contributed by atoms with Crippen molar-refractivity contribution in [2.24, 2.45) is 0 Å². The molecule has 1 aromatic rings. The van der Waals surface area contributed by atoms with E-state index in [-0.39, 0.29) is 23.9 Å². The number of ether oxygens (including phenoxy) is 1. The number of nitrogens with zero attached hydrogens (tertiary/aromatic N) is 1. The van der Waals surface area contributed by atoms with Gasteiger partial charge in [0.15, 0.2) is 5.78 Å². The maximum atomic E-state index is 12.1. The molecule has 0 aliphatic carbocycles. The van der Waals surface area contributed by atoms with Crippen LogP contribution in [-0.4, -0.2) is 48.4 Å². The molecule has 5 heteroatoms. The summed E-state index contributed by atoms with van der Waals surface area (Å²) in [4.78, 5) is 25.5. The Morgan fingerprint density at radius 1 is 1.29 bits per heavy atom. The lowest BCUT2D eigenvalue weighted by atomic mass is 10.1. The number of rotatable bonds is 4. The number of carbonyl (C=O) groups is 2. The minimum absolute atomic E-state index is 0.0121. The fraction of sp³-hybridized carbons (Fsp3) is 0.500. The maximum Gasteiger partial charge on any atom is 0.238 e. The van der Waals surface area contributed by atoms with Gasteiger partial charge in [0.2, 0.25) is 5.91 Å². The Morgan fingerprint density at radius 3 is 2.57 bits per heavy atom. The van der Waals surface area contributed by atoms with Gasteiger partial charge in [0.25, 0.3) is 0 Å². The fourth-order valence-corrected chi connectivity index (χ4v) is 2.63. The molecule has 114 valence electrons. The molecular weight excluding hydrogens is 268 g/mol. The van der Waals surface area contributed by atoms with Crippen LogP contribution >= 0.6 is 0 Å². The number of hydrogen-bond acceptors (Lipinski definition) is 4. The summed E-state index contributed by atoms with van der Waals surface area (Å²) in [6, 6.07) is 6.99. The first-order valence-electron chi connectivity index (χ1n) is 7.22. The van der Waals surface area contributed by atoms with Crippen LogP contribution in [0.2, 0.25) is 0 Å². The highest BCUT2D eigenvalue weighted by Crippen LogP contribution is 2.13. The number of carbonyl (C=O) groups excluding carboxylic acids is 2. The molecule has 2 atom stereocenters. The predicted molar refractivity (Wildman–Crippen MR) is 81.5 cm³/mol. The summed E-state index contributed by atoms with van der Waals surface area (Å²) < 4.78 is 5.65. The number of anilines is 1. The minimum atomic E-state index is -0.0722. The van der Waals surface area contributed by atoms with Gasteiger partial charge >= 0.3 is 0 Å². The van der Waals surface area contributed by atoms with Gasteiger partial charge in [0.05, 0.1) is 18.8 Å². The molecule has 1 fully saturated rings. The first kappa shape index (κ1) is 15.7. The van der Waals surface area contributed by atoms with E-state index in [1.54, 1.807) is 24.3 Å². The Bertz CT molecular complexity index is 520. The standard InChI is InChI=1S/C16H22N2O3/c1-11-8-18(9-12(2)21-11)10-16(20)17-15-6-4-5-14(7-15)13(3)19/h4-7,11-12H,8-10H2,1-3H3,(H,17,20)/t11-,12-/m1/s1. The molecule has 5 nitrogen and oxygen atoms in total. The van der Waals surface area contributed by atoms with E-state index in [9.17, 15) is 9.59 Å². The van der Waals surface area contributed by atoms with Gasteiger partial charge in [0, 0.05) is 24.3 Å². The fourth-order valence-electron chi connectivity index (χ4n) is 2.63. The van der Waals surface area contributed by atoms with Crippen molar-refractivity contribution in [1.29, 1.82) is 0 Å². The molecule has 0 aromatic heterocycles. The largest absolute Gasteiger partial charge is 0.373 e. The number of hydrogen-bond donors (Lipinski definition) is 1. The van der Waals surface area contributed by atoms with Crippen molar-refractivity contribution in [3.8, 4) is 0 Å². The monoisotopic (exact) mass is 290 g/mol. The number of Topliss-reactive ketones (excluding diaryl/α,β-unsaturated/α-hetero) is 1. The van der Waals surface area contributed by atoms with Crippen molar-refractivity contribution in [1.82, 2.24) is 4.90 Å². The van der Waals surface area contributed by atoms with Crippen LogP contribution in [0.5, 0.6) is 0 Å². The number of ketones is 1. The molecular formula is C16H22N2O3. The highest BCUT2D eigenvalue weighted by atomic mass is 16.5. The topological polar surface area (TPSA) is 58.6 Å². The van der Waals surface area contributed by atoms with Crippen LogP contribution in [0.25, 0.3) is 0 Å². The molecule has 1 aliphatic heterocycles. The zero-order valence-corrected chi connectivity index (χ0v) is 12.8. The molecule has 0 radical (unpaired) electrons. The second-order valence-electron chi connectivity index (χ2n) is 5.64. The molecule has 1 saturated heterocycles. The van der Waals surface area contributed by atoms with Crippen LogP contribution in [0.4, 0.5) is 5.69 Å². The Labute approximate surface area is 125 Å². The summed E-state index contributed by atoms with van der Waals surface area (Å²) >= 11 is 0. The number of nitrogens with one attached hydrogen (secondary N) is 1. The molecule has 0 saturated carbocycles. The van der Waals surface area contributed by atoms with Crippen molar-refractivity contribution in [3.05, 3.63) is 29.8 Å². The van der Waals surface area contributed by atoms with Crippen molar-refractivity contribution in [2.45, 2.75) is 33.0 Å². The minimum Gasteiger partial charge on any atom is -0.373 e. The summed E-state index contributed by atoms with van der Waals surface area (Å²) in [5.41, 5.74) is 1.25. The lowest BCUT2D eigenvalue weighted by molar-refractivity contribution is -0.121. The third kappa shape index (κ3) is 4.65. The van der Waals surface area contributed by atoms with E-state index in [2.05, 4.69) is 10.2 Å². The molecule has 0 unspecified atom stereocenters. The Hall–Kier alpha value is -1.72. The second kappa shape index (κ2) is 6.83. The molecule has 21 heavy (non-hydrogen) atoms. The molecule has 1 heterocycles. The van der Waals surface area contributed by atoms with Gasteiger partial charge in [0.1, 0.15) is 0 Å². The quantitative estimate of drug-likeness (QED) is 0.861. The van der Waals surface area contributed by atoms with Gasteiger partial charge in [-0.1, -0.05) is 12.1 Å². The molecule has 2 rings (SSSR count). The maximum absolute atomic E-state index is 12.1. The highest BCUT2D eigenvalue weighted by Gasteiger charge is 2.23. The third-order valence-corrected chi connectivity index (χ3v) is 3.42. The van der Waals surface area contributed by atoms with E-state index in [0.717, 1.165) is 13.1 Å². The smallest absolute Gasteiger partial charge is 0.238 e. The molecule has 1 amide bonds. The van der Waals surface area contributed by atoms with Crippen LogP contribution in [0.3, 0.4) is 0 Å². The molecule has 1 aliphatic rings. The van der Waals surface area contributed by atoms with E-state index in [1.807, 2.05) is 13.8 Å². The van der Waals surface area contributed by atoms with Crippen molar-refractivity contribution in [3.63, 3.8) is 0 Å². The average molecular weight is 290 g/mol. The van der Waals surface area contributed by atoms with E-state index in [1.165, 1.54) is 6.92 Å². The van der Waals surface area contributed by atoms with Crippen LogP contribution < -0.4 is 5.32 Å². The summed E-state index contributed by atoms with van der Waals surface area (Å²) in [7, 11) is 0. The van der Waals surface area contributed by atoms with Crippen molar-refractivity contribution >= 4 is 17.4 Å². The summed E-state index contributed by atoms with van der Waals surface area (Å²) in [5, 5.41) is 2.84. The number of morpholine rings is 1. The third-order valence-electron chi connectivity index (χ3n) is 3.42. The van der Waals surface area contributed by atoms with E-state index < -0.39 is 0 Å². The van der Waals surface area contributed by atoms with E-state index in [4.69, 9.17) is 4.74 Å². The van der Waals surface area contributed by atoms with Gasteiger partial charge < -0.3 is 10.1 Å². The Kier molecular flexibility index (Phi) is 5.09. The normalized spacial score (nSPS) is 22.8.